The Morgan fingerprint density at radius 1 is 0.947 bits per heavy atom. The van der Waals surface area contributed by atoms with Crippen LogP contribution in [0.15, 0.2) is 17.4 Å². The molecule has 3 heteroatoms. The van der Waals surface area contributed by atoms with Gasteiger partial charge < -0.3 is 0 Å². The van der Waals surface area contributed by atoms with E-state index in [0.29, 0.717) is 0 Å². The quantitative estimate of drug-likeness (QED) is 0.292. The van der Waals surface area contributed by atoms with Crippen LogP contribution in [0, 0.1) is 0 Å². The molecule has 19 heavy (non-hydrogen) atoms. The van der Waals surface area contributed by atoms with Crippen LogP contribution < -0.4 is 0 Å². The molecule has 1 aliphatic rings. The number of aliphatic imine (C=N–C) groups is 1. The molecule has 0 aromatic carbocycles. The van der Waals surface area contributed by atoms with Crippen LogP contribution in [0.3, 0.4) is 0 Å². The largest absolute Gasteiger partial charge is 0.311 e. The first-order valence-electron chi connectivity index (χ1n) is 7.88. The van der Waals surface area contributed by atoms with Gasteiger partial charge in [-0.15, -0.1) is 0 Å². The molecule has 0 saturated carbocycles. The third-order valence-electron chi connectivity index (χ3n) is 3.81. The van der Waals surface area contributed by atoms with Crippen molar-refractivity contribution in [2.24, 2.45) is 4.99 Å². The number of hydrogen-bond donors (Lipinski definition) is 0. The maximum atomic E-state index is 11.1. The first kappa shape index (κ1) is 16.1. The van der Waals surface area contributed by atoms with Crippen LogP contribution in [0.1, 0.15) is 71.1 Å². The van der Waals surface area contributed by atoms with Crippen molar-refractivity contribution in [3.8, 4) is 0 Å². The monoisotopic (exact) mass is 265 g/mol. The average Bonchev–Trinajstić information content (AvgIpc) is 2.90. The third kappa shape index (κ3) is 6.67. The van der Waals surface area contributed by atoms with Crippen LogP contribution in [-0.2, 0) is 4.79 Å². The van der Waals surface area contributed by atoms with Crippen LogP contribution in [-0.4, -0.2) is 23.8 Å². The van der Waals surface area contributed by atoms with Crippen molar-refractivity contribution in [3.63, 3.8) is 0 Å². The number of unbranched alkanes of at least 4 members (excludes halogenated alkanes) is 9. The topological polar surface area (TPSA) is 29.4 Å². The number of quaternary nitrogens is 1. The SMILES string of the molecule is CCCCCCCCCCCC[N+]1(C=O)C=CN=C1. The molecular formula is C16H29N2O+. The molecule has 1 unspecified atom stereocenters. The van der Waals surface area contributed by atoms with Gasteiger partial charge in [-0.2, -0.15) is 4.48 Å². The predicted molar refractivity (Wildman–Crippen MR) is 80.7 cm³/mol. The van der Waals surface area contributed by atoms with Gasteiger partial charge in [0.15, 0.2) is 0 Å². The van der Waals surface area contributed by atoms with Crippen molar-refractivity contribution in [2.45, 2.75) is 71.1 Å². The third-order valence-corrected chi connectivity index (χ3v) is 3.81. The van der Waals surface area contributed by atoms with E-state index in [4.69, 9.17) is 0 Å². The van der Waals surface area contributed by atoms with Crippen LogP contribution in [0.25, 0.3) is 0 Å². The summed E-state index contributed by atoms with van der Waals surface area (Å²) < 4.78 is 0.289. The highest BCUT2D eigenvalue weighted by atomic mass is 16.1. The van der Waals surface area contributed by atoms with Crippen LogP contribution in [0.5, 0.6) is 0 Å². The van der Waals surface area contributed by atoms with E-state index in [-0.39, 0.29) is 4.48 Å². The lowest BCUT2D eigenvalue weighted by Gasteiger charge is -2.18. The molecule has 0 aromatic heterocycles. The number of carbonyl (C=O) groups excluding carboxylic acids is 1. The lowest BCUT2D eigenvalue weighted by Crippen LogP contribution is -2.39. The van der Waals surface area contributed by atoms with Gasteiger partial charge >= 0.3 is 6.41 Å². The second-order valence-electron chi connectivity index (χ2n) is 5.57. The van der Waals surface area contributed by atoms with Crippen molar-refractivity contribution in [3.05, 3.63) is 12.4 Å². The van der Waals surface area contributed by atoms with Gasteiger partial charge in [0.2, 0.25) is 6.34 Å². The van der Waals surface area contributed by atoms with Gasteiger partial charge in [0.1, 0.15) is 6.20 Å². The standard InChI is InChI=1S/C16H29N2O/c1-2-3-4-5-6-7-8-9-10-11-13-18(16-19)14-12-17-15-18/h12,14-16H,2-11,13H2,1H3/q+1. The number of amides is 1. The Bertz CT molecular complexity index is 285. The van der Waals surface area contributed by atoms with Gasteiger partial charge in [0.25, 0.3) is 0 Å². The zero-order valence-corrected chi connectivity index (χ0v) is 12.4. The van der Waals surface area contributed by atoms with Gasteiger partial charge in [-0.3, -0.25) is 0 Å². The Morgan fingerprint density at radius 2 is 1.53 bits per heavy atom. The molecule has 3 nitrogen and oxygen atoms in total. The number of hydrogen-bond acceptors (Lipinski definition) is 2. The second kappa shape index (κ2) is 9.90. The smallest absolute Gasteiger partial charge is 0.233 e. The van der Waals surface area contributed by atoms with Gasteiger partial charge in [0, 0.05) is 0 Å². The summed E-state index contributed by atoms with van der Waals surface area (Å²) in [5.41, 5.74) is 0. The molecule has 1 rings (SSSR count). The minimum Gasteiger partial charge on any atom is -0.233 e. The Balaban J connectivity index is 1.90. The molecule has 1 aliphatic heterocycles. The molecule has 0 fully saturated rings. The van der Waals surface area contributed by atoms with E-state index in [9.17, 15) is 4.79 Å². The molecule has 0 saturated heterocycles. The molecule has 0 spiro atoms. The second-order valence-corrected chi connectivity index (χ2v) is 5.57. The maximum absolute atomic E-state index is 11.1. The maximum Gasteiger partial charge on any atom is 0.311 e. The molecule has 0 N–H and O–H groups in total. The summed E-state index contributed by atoms with van der Waals surface area (Å²) in [5.74, 6) is 0. The summed E-state index contributed by atoms with van der Waals surface area (Å²) in [6, 6.07) is 0. The average molecular weight is 265 g/mol. The van der Waals surface area contributed by atoms with Crippen LogP contribution in [0.4, 0.5) is 0 Å². The number of carbonyl (C=O) groups is 1. The van der Waals surface area contributed by atoms with Gasteiger partial charge in [0.05, 0.1) is 12.7 Å². The Morgan fingerprint density at radius 3 is 2.00 bits per heavy atom. The fourth-order valence-electron chi connectivity index (χ4n) is 2.48. The zero-order valence-electron chi connectivity index (χ0n) is 12.4. The van der Waals surface area contributed by atoms with Crippen molar-refractivity contribution in [2.75, 3.05) is 6.54 Å². The van der Waals surface area contributed by atoms with Crippen LogP contribution in [0.2, 0.25) is 0 Å². The Labute approximate surface area is 118 Å². The van der Waals surface area contributed by atoms with E-state index in [1.165, 1.54) is 57.8 Å². The highest BCUT2D eigenvalue weighted by molar-refractivity contribution is 5.63. The highest BCUT2D eigenvalue weighted by Gasteiger charge is 2.24. The zero-order chi connectivity index (χ0) is 13.8. The predicted octanol–water partition coefficient (Wildman–Crippen LogP) is 4.39. The van der Waals surface area contributed by atoms with E-state index >= 15 is 0 Å². The first-order chi connectivity index (χ1) is 9.33. The summed E-state index contributed by atoms with van der Waals surface area (Å²) in [7, 11) is 0. The molecule has 108 valence electrons. The van der Waals surface area contributed by atoms with E-state index in [2.05, 4.69) is 11.9 Å². The molecule has 1 amide bonds. The first-order valence-corrected chi connectivity index (χ1v) is 7.88. The minimum atomic E-state index is 0.289. The van der Waals surface area contributed by atoms with Gasteiger partial charge in [-0.05, 0) is 12.8 Å². The Kier molecular flexibility index (Phi) is 8.39. The summed E-state index contributed by atoms with van der Waals surface area (Å²) in [4.78, 5) is 15.1. The fourth-order valence-corrected chi connectivity index (χ4v) is 2.48. The summed E-state index contributed by atoms with van der Waals surface area (Å²) in [6.07, 6.45) is 19.5. The molecule has 0 aliphatic carbocycles. The summed E-state index contributed by atoms with van der Waals surface area (Å²) >= 11 is 0. The van der Waals surface area contributed by atoms with Crippen LogP contribution >= 0.6 is 0 Å². The molecule has 1 atom stereocenters. The summed E-state index contributed by atoms with van der Waals surface area (Å²) in [6.45, 7) is 3.12. The normalized spacial score (nSPS) is 21.1. The van der Waals surface area contributed by atoms with E-state index < -0.39 is 0 Å². The van der Waals surface area contributed by atoms with Crippen molar-refractivity contribution >= 4 is 12.7 Å². The van der Waals surface area contributed by atoms with E-state index in [1.54, 1.807) is 12.5 Å². The Hall–Kier alpha value is -0.960. The van der Waals surface area contributed by atoms with E-state index in [1.807, 2.05) is 6.20 Å². The van der Waals surface area contributed by atoms with Gasteiger partial charge in [-0.1, -0.05) is 58.3 Å². The lowest BCUT2D eigenvalue weighted by molar-refractivity contribution is -0.687. The van der Waals surface area contributed by atoms with E-state index in [0.717, 1.165) is 19.4 Å². The fraction of sp³-hybridized carbons (Fsp3) is 0.750. The number of nitrogens with zero attached hydrogens (tertiary/aromatic N) is 2. The minimum absolute atomic E-state index is 0.289. The van der Waals surface area contributed by atoms with Gasteiger partial charge in [-0.25, -0.2) is 9.79 Å². The molecule has 0 radical (unpaired) electrons. The molecule has 1 heterocycles. The lowest BCUT2D eigenvalue weighted by atomic mass is 10.1. The summed E-state index contributed by atoms with van der Waals surface area (Å²) in [5, 5.41) is 0. The van der Waals surface area contributed by atoms with Crippen molar-refractivity contribution < 1.29 is 9.28 Å². The number of rotatable bonds is 12. The van der Waals surface area contributed by atoms with Crippen molar-refractivity contribution in [1.29, 1.82) is 0 Å². The molecule has 0 aromatic rings. The molecular weight excluding hydrogens is 236 g/mol. The highest BCUT2D eigenvalue weighted by Crippen LogP contribution is 2.13. The molecule has 0 bridgehead atoms. The van der Waals surface area contributed by atoms with Crippen molar-refractivity contribution in [1.82, 2.24) is 0 Å².